The van der Waals surface area contributed by atoms with Gasteiger partial charge in [0.25, 0.3) is 11.8 Å². The molecule has 0 bridgehead atoms. The van der Waals surface area contributed by atoms with E-state index in [0.717, 1.165) is 22.3 Å². The van der Waals surface area contributed by atoms with Gasteiger partial charge in [0.2, 0.25) is 0 Å². The SMILES string of the molecule is CC(=O)c1cccc(C)c1.CC1(c2cccc(C(=O)O)c2)NC(=O)NC1=O.Cc1cccc(C2(C)NC(=O)NC2=O)c1.N.O. The Labute approximate surface area is 254 Å². The number of Topliss-reactive ketones (excluding diaryl/α,β-unsaturated/α-hetero) is 1. The third kappa shape index (κ3) is 8.33. The molecule has 2 atom stereocenters. The molecular formula is C31H37N5O8. The third-order valence-electron chi connectivity index (χ3n) is 6.80. The first-order chi connectivity index (χ1) is 19.7. The summed E-state index contributed by atoms with van der Waals surface area (Å²) in [6.07, 6.45) is 0. The monoisotopic (exact) mass is 607 g/mol. The summed E-state index contributed by atoms with van der Waals surface area (Å²) in [5.41, 5.74) is 2.12. The van der Waals surface area contributed by atoms with E-state index in [1.54, 1.807) is 19.9 Å². The van der Waals surface area contributed by atoms with Crippen LogP contribution in [0.15, 0.2) is 72.8 Å². The summed E-state index contributed by atoms with van der Waals surface area (Å²) in [6.45, 7) is 8.72. The largest absolute Gasteiger partial charge is 0.478 e. The van der Waals surface area contributed by atoms with Crippen LogP contribution in [0.2, 0.25) is 0 Å². The van der Waals surface area contributed by atoms with Crippen LogP contribution in [-0.4, -0.2) is 46.2 Å². The van der Waals surface area contributed by atoms with Gasteiger partial charge < -0.3 is 27.4 Å². The van der Waals surface area contributed by atoms with Gasteiger partial charge in [-0.25, -0.2) is 14.4 Å². The summed E-state index contributed by atoms with van der Waals surface area (Å²) in [7, 11) is 0. The minimum atomic E-state index is -1.22. The number of aryl methyl sites for hydroxylation is 2. The van der Waals surface area contributed by atoms with Gasteiger partial charge in [0.15, 0.2) is 5.78 Å². The van der Waals surface area contributed by atoms with E-state index in [1.165, 1.54) is 25.1 Å². The summed E-state index contributed by atoms with van der Waals surface area (Å²) in [5, 5.41) is 18.3. The van der Waals surface area contributed by atoms with Gasteiger partial charge in [0.05, 0.1) is 5.56 Å². The van der Waals surface area contributed by atoms with Crippen LogP contribution < -0.4 is 27.4 Å². The number of aromatic carboxylic acids is 1. The van der Waals surface area contributed by atoms with Crippen molar-refractivity contribution in [2.45, 2.75) is 45.7 Å². The molecule has 0 aliphatic carbocycles. The molecule has 2 fully saturated rings. The molecule has 2 saturated heterocycles. The number of carboxylic acids is 1. The maximum atomic E-state index is 11.6. The van der Waals surface area contributed by atoms with E-state index in [4.69, 9.17) is 5.11 Å². The Kier molecular flexibility index (Phi) is 12.2. The first-order valence-corrected chi connectivity index (χ1v) is 12.9. The summed E-state index contributed by atoms with van der Waals surface area (Å²) in [5.74, 6) is -1.76. The van der Waals surface area contributed by atoms with Gasteiger partial charge in [-0.15, -0.1) is 0 Å². The van der Waals surface area contributed by atoms with Crippen molar-refractivity contribution >= 4 is 35.6 Å². The molecule has 0 radical (unpaired) electrons. The maximum absolute atomic E-state index is 11.6. The lowest BCUT2D eigenvalue weighted by molar-refractivity contribution is -0.124. The summed E-state index contributed by atoms with van der Waals surface area (Å²) >= 11 is 0. The quantitative estimate of drug-likeness (QED) is 0.190. The van der Waals surface area contributed by atoms with Gasteiger partial charge in [0.1, 0.15) is 11.1 Å². The van der Waals surface area contributed by atoms with E-state index < -0.39 is 35.0 Å². The third-order valence-corrected chi connectivity index (χ3v) is 6.80. The lowest BCUT2D eigenvalue weighted by Crippen LogP contribution is -2.40. The number of urea groups is 2. The van der Waals surface area contributed by atoms with Crippen molar-refractivity contribution in [3.05, 3.63) is 106 Å². The average Bonchev–Trinajstić information content (AvgIpc) is 3.36. The number of hydrogen-bond acceptors (Lipinski definition) is 7. The molecule has 44 heavy (non-hydrogen) atoms. The number of rotatable bonds is 4. The molecule has 2 heterocycles. The normalized spacial score (nSPS) is 19.6. The van der Waals surface area contributed by atoms with E-state index >= 15 is 0 Å². The summed E-state index contributed by atoms with van der Waals surface area (Å²) < 4.78 is 0. The van der Waals surface area contributed by atoms with Gasteiger partial charge in [0, 0.05) is 5.56 Å². The maximum Gasteiger partial charge on any atom is 0.335 e. The van der Waals surface area contributed by atoms with Crippen molar-refractivity contribution < 1.29 is 39.3 Å². The Morgan fingerprint density at radius 3 is 1.43 bits per heavy atom. The highest BCUT2D eigenvalue weighted by molar-refractivity contribution is 6.08. The second-order valence-corrected chi connectivity index (χ2v) is 10.2. The lowest BCUT2D eigenvalue weighted by atomic mass is 9.91. The van der Waals surface area contributed by atoms with Gasteiger partial charge in [-0.1, -0.05) is 65.7 Å². The fourth-order valence-electron chi connectivity index (χ4n) is 4.28. The smallest absolute Gasteiger partial charge is 0.335 e. The number of imide groups is 2. The second kappa shape index (κ2) is 14.7. The molecule has 10 N–H and O–H groups in total. The topological polar surface area (TPSA) is 237 Å². The minimum Gasteiger partial charge on any atom is -0.478 e. The number of nitrogens with one attached hydrogen (secondary N) is 4. The Bertz CT molecular complexity index is 1590. The number of amides is 6. The fraction of sp³-hybridized carbons (Fsp3) is 0.226. The van der Waals surface area contributed by atoms with Crippen LogP contribution in [0.1, 0.15) is 63.7 Å². The molecule has 3 aromatic carbocycles. The van der Waals surface area contributed by atoms with Crippen molar-refractivity contribution in [2.24, 2.45) is 0 Å². The summed E-state index contributed by atoms with van der Waals surface area (Å²) in [4.78, 5) is 67.1. The number of carboxylic acid groups (broad SMARTS) is 1. The van der Waals surface area contributed by atoms with E-state index in [-0.39, 0.29) is 28.9 Å². The van der Waals surface area contributed by atoms with Crippen LogP contribution in [0, 0.1) is 13.8 Å². The molecule has 2 aliphatic heterocycles. The molecule has 2 aliphatic rings. The fourth-order valence-corrected chi connectivity index (χ4v) is 4.28. The molecule has 3 aromatic rings. The van der Waals surface area contributed by atoms with Gasteiger partial charge in [-0.05, 0) is 63.9 Å². The van der Waals surface area contributed by atoms with E-state index in [0.29, 0.717) is 5.56 Å². The Hall–Kier alpha value is -5.40. The highest BCUT2D eigenvalue weighted by atomic mass is 16.4. The summed E-state index contributed by atoms with van der Waals surface area (Å²) in [6, 6.07) is 20.0. The molecular weight excluding hydrogens is 570 g/mol. The zero-order chi connectivity index (χ0) is 31.2. The zero-order valence-corrected chi connectivity index (χ0v) is 25.0. The predicted molar refractivity (Wildman–Crippen MR) is 162 cm³/mol. The molecule has 2 unspecified atom stereocenters. The van der Waals surface area contributed by atoms with Crippen molar-refractivity contribution in [3.8, 4) is 0 Å². The van der Waals surface area contributed by atoms with Crippen LogP contribution >= 0.6 is 0 Å². The van der Waals surface area contributed by atoms with Crippen LogP contribution in [-0.2, 0) is 20.7 Å². The standard InChI is InChI=1S/C11H10N2O4.C11H12N2O2.C9H10O.H3N.H2O/c1-11(9(16)12-10(17)13-11)7-4-2-3-6(5-7)8(14)15;1-7-4-3-5-8(6-7)11(2)9(14)12-10(15)13-11;1-7-4-3-5-9(6-7)8(2)10;;/h2-5H,1H3,(H,14,15)(H2,12,13,16,17);3-6H,1-2H3,(H2,12,13,14,15);3-6H,1-2H3;1H3;1H2. The number of benzene rings is 3. The Balaban J connectivity index is 0.000000333. The molecule has 13 nitrogen and oxygen atoms in total. The highest BCUT2D eigenvalue weighted by Crippen LogP contribution is 2.26. The highest BCUT2D eigenvalue weighted by Gasteiger charge is 2.44. The van der Waals surface area contributed by atoms with Crippen LogP contribution in [0.25, 0.3) is 0 Å². The zero-order valence-electron chi connectivity index (χ0n) is 25.0. The van der Waals surface area contributed by atoms with Crippen molar-refractivity contribution in [1.82, 2.24) is 27.4 Å². The van der Waals surface area contributed by atoms with Gasteiger partial charge in [-0.3, -0.25) is 25.0 Å². The predicted octanol–water partition coefficient (Wildman–Crippen LogP) is 3.02. The van der Waals surface area contributed by atoms with E-state index in [2.05, 4.69) is 21.3 Å². The van der Waals surface area contributed by atoms with E-state index in [9.17, 15) is 28.8 Å². The van der Waals surface area contributed by atoms with Crippen molar-refractivity contribution in [1.29, 1.82) is 0 Å². The molecule has 0 aromatic heterocycles. The molecule has 0 spiro atoms. The lowest BCUT2D eigenvalue weighted by Gasteiger charge is -2.21. The number of ketones is 1. The van der Waals surface area contributed by atoms with Crippen LogP contribution in [0.5, 0.6) is 0 Å². The first kappa shape index (κ1) is 36.6. The Morgan fingerprint density at radius 1 is 0.659 bits per heavy atom. The van der Waals surface area contributed by atoms with Crippen molar-refractivity contribution in [2.75, 3.05) is 0 Å². The molecule has 5 rings (SSSR count). The van der Waals surface area contributed by atoms with Crippen molar-refractivity contribution in [3.63, 3.8) is 0 Å². The second-order valence-electron chi connectivity index (χ2n) is 10.2. The van der Waals surface area contributed by atoms with Gasteiger partial charge >= 0.3 is 18.0 Å². The average molecular weight is 608 g/mol. The number of hydrogen-bond donors (Lipinski definition) is 6. The van der Waals surface area contributed by atoms with Crippen LogP contribution in [0.4, 0.5) is 9.59 Å². The molecule has 13 heteroatoms. The molecule has 234 valence electrons. The van der Waals surface area contributed by atoms with Crippen LogP contribution in [0.3, 0.4) is 0 Å². The first-order valence-electron chi connectivity index (χ1n) is 12.9. The minimum absolute atomic E-state index is 0. The van der Waals surface area contributed by atoms with Gasteiger partial charge in [-0.2, -0.15) is 0 Å². The Morgan fingerprint density at radius 2 is 1.07 bits per heavy atom. The number of carbonyl (C=O) groups is 6. The molecule has 6 amide bonds. The molecule has 0 saturated carbocycles. The van der Waals surface area contributed by atoms with E-state index in [1.807, 2.05) is 62.4 Å². The number of carbonyl (C=O) groups excluding carboxylic acids is 5.